The molecule has 128 valence electrons. The van der Waals surface area contributed by atoms with E-state index in [2.05, 4.69) is 10.5 Å². The number of amides is 2. The summed E-state index contributed by atoms with van der Waals surface area (Å²) >= 11 is 1.10. The molecule has 1 rings (SSSR count). The van der Waals surface area contributed by atoms with Gasteiger partial charge in [-0.2, -0.15) is 0 Å². The van der Waals surface area contributed by atoms with Gasteiger partial charge in [-0.15, -0.1) is 11.8 Å². The van der Waals surface area contributed by atoms with Crippen molar-refractivity contribution in [1.29, 1.82) is 0 Å². The molecule has 0 saturated carbocycles. The maximum Gasteiger partial charge on any atom is 0.316 e. The molecule has 0 unspecified atom stereocenters. The second-order valence-electron chi connectivity index (χ2n) is 4.59. The Hall–Kier alpha value is -2.03. The van der Waals surface area contributed by atoms with Crippen molar-refractivity contribution in [2.24, 2.45) is 0 Å². The highest BCUT2D eigenvalue weighted by Crippen LogP contribution is 2.08. The third-order valence-electron chi connectivity index (χ3n) is 2.82. The van der Waals surface area contributed by atoms with Crippen LogP contribution in [0.1, 0.15) is 19.6 Å². The molecular formula is C14H21N3O5S. The predicted molar refractivity (Wildman–Crippen MR) is 86.1 cm³/mol. The first-order chi connectivity index (χ1) is 11.0. The normalized spacial score (nSPS) is 10.2. The lowest BCUT2D eigenvalue weighted by molar-refractivity contribution is -0.149. The Balaban J connectivity index is 2.18. The van der Waals surface area contributed by atoms with Gasteiger partial charge >= 0.3 is 5.97 Å². The van der Waals surface area contributed by atoms with Gasteiger partial charge in [0.1, 0.15) is 5.76 Å². The van der Waals surface area contributed by atoms with Crippen LogP contribution in [0.5, 0.6) is 0 Å². The average Bonchev–Trinajstić information content (AvgIpc) is 2.91. The minimum atomic E-state index is -0.527. The van der Waals surface area contributed by atoms with Crippen molar-refractivity contribution in [3.05, 3.63) is 11.8 Å². The van der Waals surface area contributed by atoms with E-state index in [1.165, 1.54) is 0 Å². The number of anilines is 1. The highest BCUT2D eigenvalue weighted by Gasteiger charge is 2.13. The van der Waals surface area contributed by atoms with Gasteiger partial charge in [-0.25, -0.2) is 0 Å². The lowest BCUT2D eigenvalue weighted by atomic mass is 10.4. The molecule has 1 heterocycles. The highest BCUT2D eigenvalue weighted by molar-refractivity contribution is 8.00. The Kier molecular flexibility index (Phi) is 8.17. The Morgan fingerprint density at radius 3 is 2.57 bits per heavy atom. The first kappa shape index (κ1) is 19.0. The molecule has 8 nitrogen and oxygen atoms in total. The fourth-order valence-corrected chi connectivity index (χ4v) is 2.29. The summed E-state index contributed by atoms with van der Waals surface area (Å²) in [5.41, 5.74) is 0. The summed E-state index contributed by atoms with van der Waals surface area (Å²) in [7, 11) is 0. The van der Waals surface area contributed by atoms with Gasteiger partial charge in [0.25, 0.3) is 5.91 Å². The van der Waals surface area contributed by atoms with Crippen molar-refractivity contribution in [2.45, 2.75) is 20.8 Å². The van der Waals surface area contributed by atoms with E-state index in [-0.39, 0.29) is 29.9 Å². The van der Waals surface area contributed by atoms with Gasteiger partial charge in [-0.3, -0.25) is 14.4 Å². The average molecular weight is 343 g/mol. The van der Waals surface area contributed by atoms with E-state index in [9.17, 15) is 14.4 Å². The maximum absolute atomic E-state index is 11.7. The fourth-order valence-electron chi connectivity index (χ4n) is 1.68. The van der Waals surface area contributed by atoms with Crippen LogP contribution in [-0.4, -0.2) is 59.0 Å². The Morgan fingerprint density at radius 2 is 2.00 bits per heavy atom. The standard InChI is InChI=1S/C14H21N3O5S/c1-4-17(5-2)13(19)7-21-14(20)9-23-8-12(18)15-11-6-10(3)22-16-11/h6H,4-5,7-9H2,1-3H3,(H,15,16,18). The SMILES string of the molecule is CCN(CC)C(=O)COC(=O)CSCC(=O)Nc1cc(C)on1. The number of ether oxygens (including phenoxy) is 1. The van der Waals surface area contributed by atoms with Crippen LogP contribution in [0.3, 0.4) is 0 Å². The largest absolute Gasteiger partial charge is 0.455 e. The summed E-state index contributed by atoms with van der Waals surface area (Å²) in [4.78, 5) is 36.4. The highest BCUT2D eigenvalue weighted by atomic mass is 32.2. The zero-order valence-electron chi connectivity index (χ0n) is 13.5. The van der Waals surface area contributed by atoms with Gasteiger partial charge in [0.2, 0.25) is 5.91 Å². The van der Waals surface area contributed by atoms with Crippen LogP contribution in [0, 0.1) is 6.92 Å². The molecule has 9 heteroatoms. The molecule has 0 saturated heterocycles. The maximum atomic E-state index is 11.7. The Labute approximate surface area is 138 Å². The third-order valence-corrected chi connectivity index (χ3v) is 3.73. The molecule has 0 aromatic carbocycles. The van der Waals surface area contributed by atoms with E-state index in [1.807, 2.05) is 13.8 Å². The molecule has 0 radical (unpaired) electrons. The molecular weight excluding hydrogens is 322 g/mol. The zero-order valence-corrected chi connectivity index (χ0v) is 14.3. The van der Waals surface area contributed by atoms with Crippen molar-refractivity contribution in [2.75, 3.05) is 36.5 Å². The summed E-state index contributed by atoms with van der Waals surface area (Å²) in [6.45, 7) is 6.30. The number of likely N-dealkylation sites (N-methyl/N-ethyl adjacent to an activating group) is 1. The molecule has 0 aliphatic rings. The number of aryl methyl sites for hydroxylation is 1. The van der Waals surface area contributed by atoms with Crippen LogP contribution in [0.25, 0.3) is 0 Å². The zero-order chi connectivity index (χ0) is 17.2. The number of carbonyl (C=O) groups excluding carboxylic acids is 3. The molecule has 0 fully saturated rings. The summed E-state index contributed by atoms with van der Waals surface area (Å²) < 4.78 is 9.70. The van der Waals surface area contributed by atoms with Crippen molar-refractivity contribution in [1.82, 2.24) is 10.1 Å². The summed E-state index contributed by atoms with van der Waals surface area (Å²) in [5.74, 6) is -0.0554. The lowest BCUT2D eigenvalue weighted by Crippen LogP contribution is -2.34. The van der Waals surface area contributed by atoms with E-state index in [1.54, 1.807) is 17.9 Å². The summed E-state index contributed by atoms with van der Waals surface area (Å²) in [5, 5.41) is 6.17. The van der Waals surface area contributed by atoms with Crippen molar-refractivity contribution < 1.29 is 23.6 Å². The number of carbonyl (C=O) groups is 3. The van der Waals surface area contributed by atoms with Crippen molar-refractivity contribution in [3.8, 4) is 0 Å². The third kappa shape index (κ3) is 7.18. The van der Waals surface area contributed by atoms with Gasteiger partial charge in [0.15, 0.2) is 12.4 Å². The molecule has 1 aromatic rings. The molecule has 0 aliphatic heterocycles. The van der Waals surface area contributed by atoms with Crippen LogP contribution in [0.2, 0.25) is 0 Å². The van der Waals surface area contributed by atoms with E-state index in [0.717, 1.165) is 11.8 Å². The number of hydrogen-bond acceptors (Lipinski definition) is 7. The minimum Gasteiger partial charge on any atom is -0.455 e. The minimum absolute atomic E-state index is 0.00318. The smallest absolute Gasteiger partial charge is 0.316 e. The van der Waals surface area contributed by atoms with Crippen molar-refractivity contribution >= 4 is 35.4 Å². The number of rotatable bonds is 9. The molecule has 1 aromatic heterocycles. The van der Waals surface area contributed by atoms with Gasteiger partial charge < -0.3 is 19.5 Å². The van der Waals surface area contributed by atoms with Crippen LogP contribution in [0.15, 0.2) is 10.6 Å². The van der Waals surface area contributed by atoms with E-state index >= 15 is 0 Å². The van der Waals surface area contributed by atoms with Gasteiger partial charge in [0, 0.05) is 19.2 Å². The number of aromatic nitrogens is 1. The second-order valence-corrected chi connectivity index (χ2v) is 5.58. The topological polar surface area (TPSA) is 102 Å². The quantitative estimate of drug-likeness (QED) is 0.669. The van der Waals surface area contributed by atoms with Gasteiger partial charge in [0.05, 0.1) is 11.5 Å². The number of thioether (sulfide) groups is 1. The van der Waals surface area contributed by atoms with Crippen LogP contribution >= 0.6 is 11.8 Å². The van der Waals surface area contributed by atoms with Crippen LogP contribution < -0.4 is 5.32 Å². The molecule has 0 atom stereocenters. The van der Waals surface area contributed by atoms with E-state index in [0.29, 0.717) is 24.7 Å². The second kappa shape index (κ2) is 9.88. The lowest BCUT2D eigenvalue weighted by Gasteiger charge is -2.18. The monoisotopic (exact) mass is 343 g/mol. The summed E-state index contributed by atoms with van der Waals surface area (Å²) in [6.07, 6.45) is 0. The van der Waals surface area contributed by atoms with Gasteiger partial charge in [-0.05, 0) is 20.8 Å². The fraction of sp³-hybridized carbons (Fsp3) is 0.571. The number of esters is 1. The molecule has 0 bridgehead atoms. The Morgan fingerprint density at radius 1 is 1.30 bits per heavy atom. The number of nitrogens with one attached hydrogen (secondary N) is 1. The first-order valence-electron chi connectivity index (χ1n) is 7.20. The summed E-state index contributed by atoms with van der Waals surface area (Å²) in [6, 6.07) is 1.59. The Bertz CT molecular complexity index is 542. The molecule has 0 spiro atoms. The molecule has 23 heavy (non-hydrogen) atoms. The van der Waals surface area contributed by atoms with Crippen LogP contribution in [0.4, 0.5) is 5.82 Å². The number of nitrogens with zero attached hydrogens (tertiary/aromatic N) is 2. The molecule has 0 aliphatic carbocycles. The molecule has 2 amide bonds. The van der Waals surface area contributed by atoms with E-state index in [4.69, 9.17) is 9.26 Å². The molecule has 1 N–H and O–H groups in total. The number of hydrogen-bond donors (Lipinski definition) is 1. The first-order valence-corrected chi connectivity index (χ1v) is 8.36. The van der Waals surface area contributed by atoms with Crippen LogP contribution in [-0.2, 0) is 19.1 Å². The van der Waals surface area contributed by atoms with E-state index < -0.39 is 5.97 Å². The van der Waals surface area contributed by atoms with Gasteiger partial charge in [-0.1, -0.05) is 5.16 Å². The van der Waals surface area contributed by atoms with Crippen molar-refractivity contribution in [3.63, 3.8) is 0 Å². The predicted octanol–water partition coefficient (Wildman–Crippen LogP) is 1.07.